The van der Waals surface area contributed by atoms with E-state index >= 15 is 0 Å². The highest BCUT2D eigenvalue weighted by Gasteiger charge is 2.16. The van der Waals surface area contributed by atoms with Gasteiger partial charge in [0, 0.05) is 0 Å². The predicted molar refractivity (Wildman–Crippen MR) is 99.6 cm³/mol. The summed E-state index contributed by atoms with van der Waals surface area (Å²) in [6.45, 7) is 2.68. The minimum absolute atomic E-state index is 0.183. The Hall–Kier alpha value is -2.40. The summed E-state index contributed by atoms with van der Waals surface area (Å²) in [6, 6.07) is 6.86. The van der Waals surface area contributed by atoms with Gasteiger partial charge in [-0.25, -0.2) is 4.98 Å². The van der Waals surface area contributed by atoms with Gasteiger partial charge >= 0.3 is 16.1 Å². The molecule has 138 valence electrons. The average molecular weight is 442 g/mol. The molecular formula is C15H16BrN5O4S. The minimum Gasteiger partial charge on any atom is -0.464 e. The molecular weight excluding hydrogens is 426 g/mol. The fraction of sp³-hybridized carbons (Fsp3) is 0.267. The van der Waals surface area contributed by atoms with Gasteiger partial charge < -0.3 is 14.7 Å². The molecule has 9 nitrogen and oxygen atoms in total. The van der Waals surface area contributed by atoms with Crippen LogP contribution in [0.2, 0.25) is 0 Å². The first-order chi connectivity index (χ1) is 12.3. The summed E-state index contributed by atoms with van der Waals surface area (Å²) in [5.74, 6) is 0.478. The number of fused-ring (bicyclic) bond motifs is 1. The number of nitrogens with zero attached hydrogens (tertiary/aromatic N) is 4. The van der Waals surface area contributed by atoms with Gasteiger partial charge in [-0.15, -0.1) is 0 Å². The summed E-state index contributed by atoms with van der Waals surface area (Å²) in [7, 11) is -3.56. The van der Waals surface area contributed by atoms with E-state index in [1.165, 1.54) is 0 Å². The van der Waals surface area contributed by atoms with Crippen molar-refractivity contribution in [3.63, 3.8) is 0 Å². The number of ether oxygens (including phenoxy) is 1. The highest BCUT2D eigenvalue weighted by atomic mass is 79.9. The zero-order valence-corrected chi connectivity index (χ0v) is 16.4. The third kappa shape index (κ3) is 4.05. The quantitative estimate of drug-likeness (QED) is 0.454. The Kier molecular flexibility index (Phi) is 5.01. The van der Waals surface area contributed by atoms with E-state index in [4.69, 9.17) is 14.7 Å². The van der Waals surface area contributed by atoms with E-state index in [0.717, 1.165) is 11.8 Å². The second kappa shape index (κ2) is 7.08. The van der Waals surface area contributed by atoms with E-state index in [-0.39, 0.29) is 17.6 Å². The standard InChI is InChI=1S/C15H16BrN5O4S/c1-3-24-15-19-12(17)11-13(20-15)21(14(16)18-11)8-9-4-6-10(7-5-9)25-26(2,22)23/h4-7H,3,8H2,1-2H3,(H2,17,19,20). The zero-order valence-electron chi connectivity index (χ0n) is 14.0. The van der Waals surface area contributed by atoms with Crippen LogP contribution in [0.15, 0.2) is 29.0 Å². The largest absolute Gasteiger partial charge is 0.464 e. The Morgan fingerprint density at radius 2 is 1.88 bits per heavy atom. The first kappa shape index (κ1) is 18.4. The Labute approximate surface area is 158 Å². The first-order valence-corrected chi connectivity index (χ1v) is 10.2. The Bertz CT molecular complexity index is 1050. The molecule has 2 heterocycles. The highest BCUT2D eigenvalue weighted by Crippen LogP contribution is 2.26. The summed E-state index contributed by atoms with van der Waals surface area (Å²) in [4.78, 5) is 12.8. The Balaban J connectivity index is 1.94. The van der Waals surface area contributed by atoms with Gasteiger partial charge in [0.1, 0.15) is 5.75 Å². The van der Waals surface area contributed by atoms with Crippen LogP contribution in [-0.4, -0.2) is 40.8 Å². The topological polar surface area (TPSA) is 122 Å². The van der Waals surface area contributed by atoms with Gasteiger partial charge in [0.2, 0.25) is 0 Å². The van der Waals surface area contributed by atoms with Crippen LogP contribution in [0.25, 0.3) is 11.2 Å². The molecule has 0 atom stereocenters. The van der Waals surface area contributed by atoms with Gasteiger partial charge in [-0.2, -0.15) is 18.4 Å². The molecule has 0 aliphatic carbocycles. The van der Waals surface area contributed by atoms with Crippen molar-refractivity contribution in [1.29, 1.82) is 0 Å². The number of hydrogen-bond acceptors (Lipinski definition) is 8. The Morgan fingerprint density at radius 3 is 2.50 bits per heavy atom. The van der Waals surface area contributed by atoms with E-state index in [2.05, 4.69) is 30.9 Å². The number of nitrogen functional groups attached to an aromatic ring is 1. The number of rotatable bonds is 6. The molecule has 0 saturated heterocycles. The normalized spacial score (nSPS) is 11.7. The molecule has 2 N–H and O–H groups in total. The van der Waals surface area contributed by atoms with Crippen molar-refractivity contribution in [2.75, 3.05) is 18.6 Å². The van der Waals surface area contributed by atoms with Gasteiger partial charge in [0.25, 0.3) is 0 Å². The molecule has 0 aliphatic heterocycles. The van der Waals surface area contributed by atoms with Crippen LogP contribution >= 0.6 is 15.9 Å². The van der Waals surface area contributed by atoms with Crippen LogP contribution in [0.1, 0.15) is 12.5 Å². The van der Waals surface area contributed by atoms with Gasteiger partial charge in [0.15, 0.2) is 21.7 Å². The summed E-state index contributed by atoms with van der Waals surface area (Å²) in [6.07, 6.45) is 0.996. The van der Waals surface area contributed by atoms with Gasteiger partial charge in [0.05, 0.1) is 19.4 Å². The third-order valence-corrected chi connectivity index (χ3v) is 4.44. The molecule has 3 rings (SSSR count). The molecule has 26 heavy (non-hydrogen) atoms. The maximum absolute atomic E-state index is 11.2. The lowest BCUT2D eigenvalue weighted by Crippen LogP contribution is -2.06. The van der Waals surface area contributed by atoms with Crippen molar-refractivity contribution >= 4 is 43.0 Å². The van der Waals surface area contributed by atoms with Crippen molar-refractivity contribution in [2.24, 2.45) is 0 Å². The van der Waals surface area contributed by atoms with Crippen LogP contribution < -0.4 is 14.7 Å². The second-order valence-electron chi connectivity index (χ2n) is 5.40. The fourth-order valence-electron chi connectivity index (χ4n) is 2.32. The fourth-order valence-corrected chi connectivity index (χ4v) is 3.25. The van der Waals surface area contributed by atoms with Crippen LogP contribution in [0.3, 0.4) is 0 Å². The molecule has 2 aromatic heterocycles. The zero-order chi connectivity index (χ0) is 18.9. The average Bonchev–Trinajstić information content (AvgIpc) is 2.85. The van der Waals surface area contributed by atoms with Crippen LogP contribution in [0, 0.1) is 0 Å². The molecule has 0 amide bonds. The molecule has 0 unspecified atom stereocenters. The van der Waals surface area contributed by atoms with Crippen LogP contribution in [0.4, 0.5) is 5.82 Å². The Morgan fingerprint density at radius 1 is 1.19 bits per heavy atom. The van der Waals surface area contributed by atoms with Crippen molar-refractivity contribution in [1.82, 2.24) is 19.5 Å². The summed E-state index contributed by atoms with van der Waals surface area (Å²) >= 11 is 3.40. The number of anilines is 1. The number of aromatic nitrogens is 4. The van der Waals surface area contributed by atoms with E-state index in [9.17, 15) is 8.42 Å². The SMILES string of the molecule is CCOc1nc(N)c2nc(Br)n(Cc3ccc(OS(C)(=O)=O)cc3)c2n1. The molecule has 0 aliphatic rings. The van der Waals surface area contributed by atoms with Crippen LogP contribution in [-0.2, 0) is 16.7 Å². The van der Waals surface area contributed by atoms with E-state index in [1.54, 1.807) is 24.3 Å². The van der Waals surface area contributed by atoms with Gasteiger partial charge in [-0.1, -0.05) is 12.1 Å². The number of imidazole rings is 1. The van der Waals surface area contributed by atoms with Gasteiger partial charge in [-0.3, -0.25) is 4.57 Å². The number of benzene rings is 1. The smallest absolute Gasteiger partial charge is 0.320 e. The lowest BCUT2D eigenvalue weighted by molar-refractivity contribution is 0.314. The lowest BCUT2D eigenvalue weighted by atomic mass is 10.2. The van der Waals surface area contributed by atoms with E-state index in [0.29, 0.717) is 29.0 Å². The maximum Gasteiger partial charge on any atom is 0.320 e. The second-order valence-corrected chi connectivity index (χ2v) is 7.68. The highest BCUT2D eigenvalue weighted by molar-refractivity contribution is 9.10. The summed E-state index contributed by atoms with van der Waals surface area (Å²) < 4.78 is 34.9. The summed E-state index contributed by atoms with van der Waals surface area (Å²) in [5.41, 5.74) is 7.83. The molecule has 0 radical (unpaired) electrons. The van der Waals surface area contributed by atoms with E-state index < -0.39 is 10.1 Å². The number of nitrogens with two attached hydrogens (primary N) is 1. The first-order valence-electron chi connectivity index (χ1n) is 7.57. The monoisotopic (exact) mass is 441 g/mol. The number of hydrogen-bond donors (Lipinski definition) is 1. The third-order valence-electron chi connectivity index (χ3n) is 3.34. The molecule has 3 aromatic rings. The molecule has 0 saturated carbocycles. The number of halogens is 1. The summed E-state index contributed by atoms with van der Waals surface area (Å²) in [5, 5.41) is 0. The molecule has 1 aromatic carbocycles. The lowest BCUT2D eigenvalue weighted by Gasteiger charge is -2.08. The maximum atomic E-state index is 11.2. The van der Waals surface area contributed by atoms with Crippen molar-refractivity contribution in [3.05, 3.63) is 34.6 Å². The minimum atomic E-state index is -3.56. The van der Waals surface area contributed by atoms with Crippen molar-refractivity contribution in [2.45, 2.75) is 13.5 Å². The van der Waals surface area contributed by atoms with Crippen LogP contribution in [0.5, 0.6) is 11.8 Å². The molecule has 0 spiro atoms. The predicted octanol–water partition coefficient (Wildman–Crippen LogP) is 1.96. The molecule has 0 bridgehead atoms. The van der Waals surface area contributed by atoms with Crippen molar-refractivity contribution in [3.8, 4) is 11.8 Å². The van der Waals surface area contributed by atoms with Gasteiger partial charge in [-0.05, 0) is 40.5 Å². The van der Waals surface area contributed by atoms with Crippen molar-refractivity contribution < 1.29 is 17.3 Å². The van der Waals surface area contributed by atoms with E-state index in [1.807, 2.05) is 11.5 Å². The molecule has 11 heteroatoms. The molecule has 0 fully saturated rings.